The van der Waals surface area contributed by atoms with Crippen LogP contribution in [0.1, 0.15) is 26.1 Å². The van der Waals surface area contributed by atoms with Crippen LogP contribution in [0.15, 0.2) is 53.5 Å². The standard InChI is InChI=1S/C18H23N2P/c1-6-18(21)9-7-8-13(2)14(3)10-11-17-12-19-16(5)20-15(17)4/h6-7,9-12H,2,4,8,21H2,1,3,5H3/b9-7?,14-10+,17-11-,18-6+. The van der Waals surface area contributed by atoms with Crippen molar-refractivity contribution in [3.8, 4) is 0 Å². The maximum Gasteiger partial charge on any atom is 0.125 e. The largest absolute Gasteiger partial charge is 0.241 e. The summed E-state index contributed by atoms with van der Waals surface area (Å²) in [5.74, 6) is 0.740. The van der Waals surface area contributed by atoms with Gasteiger partial charge in [0.15, 0.2) is 0 Å². The maximum absolute atomic E-state index is 4.25. The fourth-order valence-electron chi connectivity index (χ4n) is 1.59. The molecule has 21 heavy (non-hydrogen) atoms. The molecule has 3 heteroatoms. The van der Waals surface area contributed by atoms with Crippen LogP contribution in [0.2, 0.25) is 0 Å². The summed E-state index contributed by atoms with van der Waals surface area (Å²) in [6.07, 6.45) is 12.9. The van der Waals surface area contributed by atoms with Gasteiger partial charge in [0.25, 0.3) is 0 Å². The van der Waals surface area contributed by atoms with Crippen molar-refractivity contribution in [2.24, 2.45) is 0 Å². The molecule has 0 aliphatic heterocycles. The third-order valence-electron chi connectivity index (χ3n) is 3.10. The highest BCUT2D eigenvalue weighted by Gasteiger charge is 1.94. The van der Waals surface area contributed by atoms with E-state index in [0.29, 0.717) is 0 Å². The van der Waals surface area contributed by atoms with Crippen molar-refractivity contribution in [2.45, 2.75) is 27.2 Å². The van der Waals surface area contributed by atoms with Crippen LogP contribution < -0.4 is 10.6 Å². The van der Waals surface area contributed by atoms with Crippen LogP contribution in [0.3, 0.4) is 0 Å². The quantitative estimate of drug-likeness (QED) is 0.616. The minimum absolute atomic E-state index is 0.740. The lowest BCUT2D eigenvalue weighted by molar-refractivity contribution is 1.01. The van der Waals surface area contributed by atoms with Crippen molar-refractivity contribution < 1.29 is 0 Å². The summed E-state index contributed by atoms with van der Waals surface area (Å²) in [5, 5.41) is 2.86. The van der Waals surface area contributed by atoms with E-state index in [0.717, 1.165) is 34.0 Å². The molecule has 0 spiro atoms. The molecule has 110 valence electrons. The van der Waals surface area contributed by atoms with Crippen molar-refractivity contribution in [2.75, 3.05) is 0 Å². The molecule has 1 heterocycles. The van der Waals surface area contributed by atoms with E-state index < -0.39 is 0 Å². The second-order valence-electron chi connectivity index (χ2n) is 4.83. The number of aryl methyl sites for hydroxylation is 1. The smallest absolute Gasteiger partial charge is 0.125 e. The first-order chi connectivity index (χ1) is 9.93. The van der Waals surface area contributed by atoms with Crippen LogP contribution in [0.25, 0.3) is 12.7 Å². The Morgan fingerprint density at radius 3 is 2.76 bits per heavy atom. The predicted octanol–water partition coefficient (Wildman–Crippen LogP) is 3.20. The highest BCUT2D eigenvalue weighted by molar-refractivity contribution is 7.22. The van der Waals surface area contributed by atoms with Crippen LogP contribution in [0, 0.1) is 6.92 Å². The van der Waals surface area contributed by atoms with E-state index >= 15 is 0 Å². The van der Waals surface area contributed by atoms with Crippen molar-refractivity contribution in [1.82, 2.24) is 9.97 Å². The minimum Gasteiger partial charge on any atom is -0.241 e. The van der Waals surface area contributed by atoms with Gasteiger partial charge in [-0.3, -0.25) is 0 Å². The molecule has 2 nitrogen and oxygen atoms in total. The number of aromatic nitrogens is 2. The Balaban J connectivity index is 2.83. The highest BCUT2D eigenvalue weighted by Crippen LogP contribution is 2.14. The van der Waals surface area contributed by atoms with E-state index in [9.17, 15) is 0 Å². The lowest BCUT2D eigenvalue weighted by Crippen LogP contribution is -2.27. The molecule has 0 saturated heterocycles. The zero-order valence-electron chi connectivity index (χ0n) is 13.1. The molecule has 1 aromatic rings. The SMILES string of the molecule is C=C(CC=C/C(P)=C\C)/C(C)=C/C=c1/cnc(C)nc1=C. The molecular weight excluding hydrogens is 275 g/mol. The Labute approximate surface area is 129 Å². The van der Waals surface area contributed by atoms with Gasteiger partial charge in [-0.25, -0.2) is 9.97 Å². The molecule has 1 aromatic heterocycles. The Hall–Kier alpha value is -1.79. The lowest BCUT2D eigenvalue weighted by atomic mass is 10.1. The van der Waals surface area contributed by atoms with Gasteiger partial charge in [-0.05, 0) is 43.7 Å². The van der Waals surface area contributed by atoms with Gasteiger partial charge in [-0.1, -0.05) is 43.5 Å². The molecule has 0 bridgehead atoms. The summed E-state index contributed by atoms with van der Waals surface area (Å²) in [5.41, 5.74) is 2.24. The third-order valence-corrected chi connectivity index (χ3v) is 3.62. The van der Waals surface area contributed by atoms with E-state index in [2.05, 4.69) is 51.4 Å². The summed E-state index contributed by atoms with van der Waals surface area (Å²) in [7, 11) is 2.69. The zero-order chi connectivity index (χ0) is 15.8. The molecule has 0 amide bonds. The molecule has 0 aliphatic carbocycles. The van der Waals surface area contributed by atoms with E-state index in [1.165, 1.54) is 5.31 Å². The molecule has 0 saturated carbocycles. The first kappa shape index (κ1) is 17.3. The van der Waals surface area contributed by atoms with Gasteiger partial charge in [-0.2, -0.15) is 0 Å². The van der Waals surface area contributed by atoms with E-state index in [-0.39, 0.29) is 0 Å². The molecule has 0 aromatic carbocycles. The molecule has 0 N–H and O–H groups in total. The molecule has 1 rings (SSSR count). The van der Waals surface area contributed by atoms with Crippen LogP contribution >= 0.6 is 9.24 Å². The first-order valence-corrected chi connectivity index (χ1v) is 7.45. The first-order valence-electron chi connectivity index (χ1n) is 6.87. The third kappa shape index (κ3) is 6.01. The predicted molar refractivity (Wildman–Crippen MR) is 96.1 cm³/mol. The highest BCUT2D eigenvalue weighted by atomic mass is 31.0. The summed E-state index contributed by atoms with van der Waals surface area (Å²) in [6.45, 7) is 14.0. The van der Waals surface area contributed by atoms with Gasteiger partial charge in [0.05, 0.1) is 5.35 Å². The van der Waals surface area contributed by atoms with Gasteiger partial charge in [-0.15, -0.1) is 9.24 Å². The summed E-state index contributed by atoms with van der Waals surface area (Å²) < 4.78 is 0. The van der Waals surface area contributed by atoms with Crippen LogP contribution in [-0.2, 0) is 0 Å². The van der Waals surface area contributed by atoms with Crippen molar-refractivity contribution in [3.63, 3.8) is 0 Å². The van der Waals surface area contributed by atoms with Gasteiger partial charge in [0.1, 0.15) is 5.82 Å². The summed E-state index contributed by atoms with van der Waals surface area (Å²) in [6, 6.07) is 0. The second-order valence-corrected chi connectivity index (χ2v) is 5.50. The van der Waals surface area contributed by atoms with Gasteiger partial charge in [0.2, 0.25) is 0 Å². The van der Waals surface area contributed by atoms with Gasteiger partial charge >= 0.3 is 0 Å². The number of rotatable bonds is 5. The average Bonchev–Trinajstić information content (AvgIpc) is 2.45. The molecule has 0 fully saturated rings. The normalized spacial score (nSPS) is 14.0. The number of hydrogen-bond donors (Lipinski definition) is 0. The Morgan fingerprint density at radius 2 is 2.14 bits per heavy atom. The Morgan fingerprint density at radius 1 is 1.43 bits per heavy atom. The van der Waals surface area contributed by atoms with Crippen LogP contribution in [0.4, 0.5) is 0 Å². The average molecular weight is 298 g/mol. The Kier molecular flexibility index (Phi) is 6.98. The molecule has 0 radical (unpaired) electrons. The van der Waals surface area contributed by atoms with E-state index in [4.69, 9.17) is 0 Å². The van der Waals surface area contributed by atoms with E-state index in [1.807, 2.05) is 32.1 Å². The summed E-state index contributed by atoms with van der Waals surface area (Å²) in [4.78, 5) is 8.44. The number of hydrogen-bond acceptors (Lipinski definition) is 2. The fraction of sp³-hybridized carbons (Fsp3) is 0.222. The van der Waals surface area contributed by atoms with Crippen molar-refractivity contribution >= 4 is 21.9 Å². The topological polar surface area (TPSA) is 25.8 Å². The zero-order valence-corrected chi connectivity index (χ0v) is 14.2. The fourth-order valence-corrected chi connectivity index (χ4v) is 1.73. The van der Waals surface area contributed by atoms with Gasteiger partial charge in [0, 0.05) is 11.4 Å². The minimum atomic E-state index is 0.740. The van der Waals surface area contributed by atoms with Crippen LogP contribution in [-0.4, -0.2) is 9.97 Å². The monoisotopic (exact) mass is 298 g/mol. The Bertz CT molecular complexity index is 709. The number of nitrogens with zero attached hydrogens (tertiary/aromatic N) is 2. The van der Waals surface area contributed by atoms with E-state index in [1.54, 1.807) is 6.20 Å². The van der Waals surface area contributed by atoms with Crippen molar-refractivity contribution in [1.29, 1.82) is 0 Å². The molecule has 1 unspecified atom stereocenters. The number of allylic oxidation sites excluding steroid dienone is 7. The van der Waals surface area contributed by atoms with Crippen molar-refractivity contribution in [3.05, 3.63) is 69.9 Å². The van der Waals surface area contributed by atoms with Gasteiger partial charge < -0.3 is 0 Å². The molecule has 0 aliphatic rings. The lowest BCUT2D eigenvalue weighted by Gasteiger charge is -2.01. The second kappa shape index (κ2) is 8.49. The molecule has 1 atom stereocenters. The van der Waals surface area contributed by atoms with Crippen LogP contribution in [0.5, 0.6) is 0 Å². The summed E-state index contributed by atoms with van der Waals surface area (Å²) >= 11 is 0. The maximum atomic E-state index is 4.25. The molecular formula is C18H23N2P.